The summed E-state index contributed by atoms with van der Waals surface area (Å²) in [4.78, 5) is 4.97. The molecule has 2 aliphatic rings. The van der Waals surface area contributed by atoms with Crippen LogP contribution >= 0.6 is 0 Å². The van der Waals surface area contributed by atoms with Crippen molar-refractivity contribution >= 4 is 5.71 Å². The van der Waals surface area contributed by atoms with E-state index in [9.17, 15) is 0 Å². The standard InChI is InChI=1S/C16H21NO/c1-12-5-7-13(8-6-12)14-11-15(2,3)16(17-14)9-4-10-18-16/h5-8H,4,9-11H2,1-3H3. The van der Waals surface area contributed by atoms with Crippen molar-refractivity contribution in [3.8, 4) is 0 Å². The zero-order chi connectivity index (χ0) is 12.8. The van der Waals surface area contributed by atoms with E-state index in [0.29, 0.717) is 0 Å². The fraction of sp³-hybridized carbons (Fsp3) is 0.562. The Bertz CT molecular complexity index is 478. The monoisotopic (exact) mass is 243 g/mol. The van der Waals surface area contributed by atoms with E-state index < -0.39 is 0 Å². The Morgan fingerprint density at radius 1 is 1.17 bits per heavy atom. The summed E-state index contributed by atoms with van der Waals surface area (Å²) in [6.07, 6.45) is 3.21. The van der Waals surface area contributed by atoms with Crippen molar-refractivity contribution in [1.82, 2.24) is 0 Å². The molecule has 0 radical (unpaired) electrons. The maximum absolute atomic E-state index is 6.00. The molecular weight excluding hydrogens is 222 g/mol. The molecule has 0 saturated carbocycles. The lowest BCUT2D eigenvalue weighted by Crippen LogP contribution is -2.38. The molecule has 1 unspecified atom stereocenters. The lowest BCUT2D eigenvalue weighted by atomic mass is 9.78. The second-order valence-electron chi connectivity index (χ2n) is 6.22. The Balaban J connectivity index is 1.97. The average Bonchev–Trinajstić information content (AvgIpc) is 2.88. The maximum atomic E-state index is 6.00. The summed E-state index contributed by atoms with van der Waals surface area (Å²) in [6, 6.07) is 8.67. The number of ether oxygens (including phenoxy) is 1. The fourth-order valence-corrected chi connectivity index (χ4v) is 3.13. The number of benzene rings is 1. The highest BCUT2D eigenvalue weighted by Crippen LogP contribution is 2.50. The molecule has 1 atom stereocenters. The van der Waals surface area contributed by atoms with Crippen molar-refractivity contribution in [3.63, 3.8) is 0 Å². The Kier molecular flexibility index (Phi) is 2.60. The molecule has 1 spiro atoms. The smallest absolute Gasteiger partial charge is 0.164 e. The quantitative estimate of drug-likeness (QED) is 0.736. The van der Waals surface area contributed by atoms with Crippen molar-refractivity contribution in [2.75, 3.05) is 6.61 Å². The van der Waals surface area contributed by atoms with Crippen molar-refractivity contribution in [2.24, 2.45) is 10.4 Å². The third-order valence-electron chi connectivity index (χ3n) is 4.37. The molecule has 1 aromatic rings. The van der Waals surface area contributed by atoms with Crippen LogP contribution in [-0.4, -0.2) is 18.0 Å². The number of aliphatic imine (C=N–C) groups is 1. The minimum absolute atomic E-state index is 0.115. The Morgan fingerprint density at radius 3 is 2.50 bits per heavy atom. The van der Waals surface area contributed by atoms with Crippen LogP contribution < -0.4 is 0 Å². The zero-order valence-electron chi connectivity index (χ0n) is 11.5. The number of hydrogen-bond donors (Lipinski definition) is 0. The Labute approximate surface area is 109 Å². The normalized spacial score (nSPS) is 29.8. The third-order valence-corrected chi connectivity index (χ3v) is 4.37. The zero-order valence-corrected chi connectivity index (χ0v) is 11.5. The van der Waals surface area contributed by atoms with E-state index in [0.717, 1.165) is 25.9 Å². The van der Waals surface area contributed by atoms with Gasteiger partial charge in [0.2, 0.25) is 0 Å². The highest BCUT2D eigenvalue weighted by atomic mass is 16.5. The first-order valence-corrected chi connectivity index (χ1v) is 6.82. The molecule has 1 aromatic carbocycles. The molecule has 0 amide bonds. The second kappa shape index (κ2) is 3.92. The van der Waals surface area contributed by atoms with Gasteiger partial charge in [0.15, 0.2) is 5.72 Å². The average molecular weight is 243 g/mol. The van der Waals surface area contributed by atoms with Crippen LogP contribution in [0.25, 0.3) is 0 Å². The molecule has 3 rings (SSSR count). The molecule has 2 heteroatoms. The van der Waals surface area contributed by atoms with Crippen molar-refractivity contribution in [2.45, 2.75) is 45.8 Å². The molecule has 1 saturated heterocycles. The largest absolute Gasteiger partial charge is 0.353 e. The number of nitrogens with zero attached hydrogens (tertiary/aromatic N) is 1. The Hall–Kier alpha value is -1.15. The first-order valence-electron chi connectivity index (χ1n) is 6.82. The van der Waals surface area contributed by atoms with E-state index in [1.807, 2.05) is 0 Å². The molecule has 2 heterocycles. The first-order chi connectivity index (χ1) is 8.52. The van der Waals surface area contributed by atoms with Crippen molar-refractivity contribution in [3.05, 3.63) is 35.4 Å². The second-order valence-corrected chi connectivity index (χ2v) is 6.22. The summed E-state index contributed by atoms with van der Waals surface area (Å²) in [5.74, 6) is 0. The Morgan fingerprint density at radius 2 is 1.89 bits per heavy atom. The lowest BCUT2D eigenvalue weighted by molar-refractivity contribution is -0.0654. The summed E-state index contributed by atoms with van der Waals surface area (Å²) in [5, 5.41) is 0. The molecule has 1 fully saturated rings. The minimum atomic E-state index is -0.257. The van der Waals surface area contributed by atoms with E-state index >= 15 is 0 Å². The van der Waals surface area contributed by atoms with Gasteiger partial charge in [0, 0.05) is 17.7 Å². The van der Waals surface area contributed by atoms with Crippen molar-refractivity contribution < 1.29 is 4.74 Å². The molecule has 96 valence electrons. The molecule has 18 heavy (non-hydrogen) atoms. The highest BCUT2D eigenvalue weighted by Gasteiger charge is 2.53. The van der Waals surface area contributed by atoms with Crippen LogP contribution in [0.1, 0.15) is 44.2 Å². The number of aryl methyl sites for hydroxylation is 1. The first kappa shape index (κ1) is 11.9. The van der Waals surface area contributed by atoms with Crippen LogP contribution in [0.4, 0.5) is 0 Å². The summed E-state index contributed by atoms with van der Waals surface area (Å²) in [6.45, 7) is 7.53. The van der Waals surface area contributed by atoms with Gasteiger partial charge in [-0.15, -0.1) is 0 Å². The molecular formula is C16H21NO. The molecule has 0 N–H and O–H groups in total. The van der Waals surface area contributed by atoms with Gasteiger partial charge in [0.1, 0.15) is 0 Å². The van der Waals surface area contributed by atoms with Crippen LogP contribution in [0.3, 0.4) is 0 Å². The van der Waals surface area contributed by atoms with Crippen LogP contribution in [0.15, 0.2) is 29.3 Å². The number of hydrogen-bond acceptors (Lipinski definition) is 2. The van der Waals surface area contributed by atoms with Gasteiger partial charge in [0.25, 0.3) is 0 Å². The molecule has 2 aliphatic heterocycles. The predicted octanol–water partition coefficient (Wildman–Crippen LogP) is 3.72. The van der Waals surface area contributed by atoms with Crippen molar-refractivity contribution in [1.29, 1.82) is 0 Å². The number of rotatable bonds is 1. The SMILES string of the molecule is Cc1ccc(C2=NC3(CCCO3)C(C)(C)C2)cc1. The van der Waals surface area contributed by atoms with Gasteiger partial charge in [-0.05, 0) is 31.7 Å². The summed E-state index contributed by atoms with van der Waals surface area (Å²) >= 11 is 0. The lowest BCUT2D eigenvalue weighted by Gasteiger charge is -2.34. The summed E-state index contributed by atoms with van der Waals surface area (Å²) < 4.78 is 6.00. The fourth-order valence-electron chi connectivity index (χ4n) is 3.13. The molecule has 0 bridgehead atoms. The minimum Gasteiger partial charge on any atom is -0.353 e. The van der Waals surface area contributed by atoms with Gasteiger partial charge in [0.05, 0.1) is 0 Å². The van der Waals surface area contributed by atoms with Crippen LogP contribution in [0.5, 0.6) is 0 Å². The molecule has 2 nitrogen and oxygen atoms in total. The highest BCUT2D eigenvalue weighted by molar-refractivity contribution is 6.02. The summed E-state index contributed by atoms with van der Waals surface area (Å²) in [7, 11) is 0. The molecule has 0 aliphatic carbocycles. The van der Waals surface area contributed by atoms with Gasteiger partial charge < -0.3 is 4.74 Å². The van der Waals surface area contributed by atoms with Gasteiger partial charge in [-0.2, -0.15) is 0 Å². The third kappa shape index (κ3) is 1.71. The van der Waals surface area contributed by atoms with E-state index in [1.54, 1.807) is 0 Å². The van der Waals surface area contributed by atoms with Gasteiger partial charge >= 0.3 is 0 Å². The van der Waals surface area contributed by atoms with E-state index in [4.69, 9.17) is 9.73 Å². The maximum Gasteiger partial charge on any atom is 0.164 e. The molecule has 0 aromatic heterocycles. The predicted molar refractivity (Wildman–Crippen MR) is 74.0 cm³/mol. The van der Waals surface area contributed by atoms with E-state index in [-0.39, 0.29) is 11.1 Å². The van der Waals surface area contributed by atoms with E-state index in [1.165, 1.54) is 16.8 Å². The van der Waals surface area contributed by atoms with E-state index in [2.05, 4.69) is 45.0 Å². The van der Waals surface area contributed by atoms with Crippen LogP contribution in [-0.2, 0) is 4.74 Å². The van der Waals surface area contributed by atoms with Crippen LogP contribution in [0, 0.1) is 12.3 Å². The topological polar surface area (TPSA) is 21.6 Å². The van der Waals surface area contributed by atoms with Gasteiger partial charge in [-0.25, -0.2) is 0 Å². The van der Waals surface area contributed by atoms with Gasteiger partial charge in [-0.1, -0.05) is 43.7 Å². The van der Waals surface area contributed by atoms with Crippen LogP contribution in [0.2, 0.25) is 0 Å². The summed E-state index contributed by atoms with van der Waals surface area (Å²) in [5.41, 5.74) is 3.61. The van der Waals surface area contributed by atoms with Gasteiger partial charge in [-0.3, -0.25) is 4.99 Å².